The van der Waals surface area contributed by atoms with E-state index in [0.29, 0.717) is 0 Å². The molecule has 0 saturated carbocycles. The molecular weight excluding hydrogens is 112 g/mol. The Morgan fingerprint density at radius 3 is 1.86 bits per heavy atom. The second-order valence-electron chi connectivity index (χ2n) is 0.835. The summed E-state index contributed by atoms with van der Waals surface area (Å²) in [5, 5.41) is 7.43. The summed E-state index contributed by atoms with van der Waals surface area (Å²) in [5.41, 5.74) is 0. The van der Waals surface area contributed by atoms with Crippen molar-refractivity contribution in [3.63, 3.8) is 0 Å². The molecule has 3 heteroatoms. The van der Waals surface area contributed by atoms with Crippen LogP contribution in [0, 0.1) is 0 Å². The van der Waals surface area contributed by atoms with E-state index in [4.69, 9.17) is 5.11 Å². The van der Waals surface area contributed by atoms with Crippen LogP contribution in [-0.4, -0.2) is 16.8 Å². The molecule has 0 aromatic heterocycles. The van der Waals surface area contributed by atoms with Crippen LogP contribution in [0.1, 0.15) is 13.8 Å². The van der Waals surface area contributed by atoms with E-state index >= 15 is 0 Å². The van der Waals surface area contributed by atoms with Gasteiger partial charge in [0.2, 0.25) is 0 Å². The van der Waals surface area contributed by atoms with Crippen LogP contribution in [0.4, 0.5) is 0 Å². The van der Waals surface area contributed by atoms with Crippen molar-refractivity contribution in [3.8, 4) is 0 Å². The molecule has 0 saturated heterocycles. The first-order valence-corrected chi connectivity index (χ1v) is 2.40. The minimum absolute atomic E-state index is 0.139. The smallest absolute Gasteiger partial charge is 0.182 e. The standard InChI is InChI=1S/C2H4OS.C2H6O/c1-2(3)4;1-2-3/h1H3,(H,3,4);3H,2H2,1H3. The molecule has 0 fully saturated rings. The highest BCUT2D eigenvalue weighted by Gasteiger charge is 1.63. The number of hydrogen-bond donors (Lipinski definition) is 2. The van der Waals surface area contributed by atoms with E-state index in [1.54, 1.807) is 6.92 Å². The van der Waals surface area contributed by atoms with Gasteiger partial charge in [-0.15, -0.1) is 12.6 Å². The third-order valence-corrected chi connectivity index (χ3v) is 0. The van der Waals surface area contributed by atoms with E-state index < -0.39 is 0 Å². The second-order valence-corrected chi connectivity index (χ2v) is 1.47. The first kappa shape index (κ1) is 10.1. The fourth-order valence-electron chi connectivity index (χ4n) is 0. The van der Waals surface area contributed by atoms with Crippen LogP contribution in [-0.2, 0) is 4.79 Å². The highest BCUT2D eigenvalue weighted by molar-refractivity contribution is 7.96. The van der Waals surface area contributed by atoms with Gasteiger partial charge in [-0.2, -0.15) is 0 Å². The van der Waals surface area contributed by atoms with Gasteiger partial charge in [0.25, 0.3) is 0 Å². The van der Waals surface area contributed by atoms with E-state index in [1.165, 1.54) is 6.92 Å². The zero-order chi connectivity index (χ0) is 6.28. The van der Waals surface area contributed by atoms with Gasteiger partial charge in [-0.3, -0.25) is 4.79 Å². The monoisotopic (exact) mass is 122 g/mol. The van der Waals surface area contributed by atoms with Gasteiger partial charge in [0.1, 0.15) is 0 Å². The lowest BCUT2D eigenvalue weighted by Gasteiger charge is -1.55. The molecule has 0 aromatic rings. The molecule has 0 aromatic carbocycles. The SMILES string of the molecule is CC(=O)S.CCO. The lowest BCUT2D eigenvalue weighted by Crippen LogP contribution is -1.62. The number of thiol groups is 1. The maximum Gasteiger partial charge on any atom is 0.182 e. The van der Waals surface area contributed by atoms with Crippen molar-refractivity contribution < 1.29 is 9.90 Å². The summed E-state index contributed by atoms with van der Waals surface area (Å²) < 4.78 is 0. The molecule has 0 heterocycles. The minimum Gasteiger partial charge on any atom is -0.397 e. The molecule has 0 aliphatic carbocycles. The fourth-order valence-corrected chi connectivity index (χ4v) is 0. The maximum atomic E-state index is 9.31. The maximum absolute atomic E-state index is 9.31. The van der Waals surface area contributed by atoms with Gasteiger partial charge in [-0.05, 0) is 6.92 Å². The molecule has 0 amide bonds. The average molecular weight is 122 g/mol. The van der Waals surface area contributed by atoms with E-state index in [2.05, 4.69) is 12.6 Å². The van der Waals surface area contributed by atoms with E-state index in [9.17, 15) is 4.79 Å². The molecule has 0 aliphatic heterocycles. The molecule has 1 N–H and O–H groups in total. The summed E-state index contributed by atoms with van der Waals surface area (Å²) in [7, 11) is 0. The third-order valence-electron chi connectivity index (χ3n) is 0. The van der Waals surface area contributed by atoms with Gasteiger partial charge in [-0.1, -0.05) is 0 Å². The Bertz CT molecular complexity index is 41.0. The number of hydrogen-bond acceptors (Lipinski definition) is 2. The van der Waals surface area contributed by atoms with Gasteiger partial charge in [0.15, 0.2) is 5.12 Å². The summed E-state index contributed by atoms with van der Waals surface area (Å²) in [6.45, 7) is 3.32. The number of aliphatic hydroxyl groups is 1. The van der Waals surface area contributed by atoms with Crippen molar-refractivity contribution in [2.24, 2.45) is 0 Å². The zero-order valence-electron chi connectivity index (χ0n) is 4.51. The molecule has 0 bridgehead atoms. The van der Waals surface area contributed by atoms with Crippen LogP contribution >= 0.6 is 12.6 Å². The van der Waals surface area contributed by atoms with Gasteiger partial charge in [0.05, 0.1) is 0 Å². The Kier molecular flexibility index (Phi) is 13.5. The second kappa shape index (κ2) is 9.36. The summed E-state index contributed by atoms with van der Waals surface area (Å²) in [6, 6.07) is 0. The Morgan fingerprint density at radius 1 is 1.86 bits per heavy atom. The van der Waals surface area contributed by atoms with Crippen LogP contribution in [0.15, 0.2) is 0 Å². The first-order chi connectivity index (χ1) is 3.15. The topological polar surface area (TPSA) is 37.3 Å². The molecule has 0 aliphatic rings. The Morgan fingerprint density at radius 2 is 1.86 bits per heavy atom. The lowest BCUT2D eigenvalue weighted by molar-refractivity contribution is -0.108. The highest BCUT2D eigenvalue weighted by atomic mass is 32.1. The van der Waals surface area contributed by atoms with Gasteiger partial charge >= 0.3 is 0 Å². The van der Waals surface area contributed by atoms with Gasteiger partial charge in [0, 0.05) is 13.5 Å². The summed E-state index contributed by atoms with van der Waals surface area (Å²) >= 11 is 3.33. The van der Waals surface area contributed by atoms with E-state index in [1.807, 2.05) is 0 Å². The normalized spacial score (nSPS) is 6.29. The minimum atomic E-state index is -0.139. The predicted octanol–water partition coefficient (Wildman–Crippen LogP) is 0.461. The van der Waals surface area contributed by atoms with Crippen LogP contribution in [0.2, 0.25) is 0 Å². The molecule has 0 rings (SSSR count). The van der Waals surface area contributed by atoms with E-state index in [-0.39, 0.29) is 11.7 Å². The Hall–Kier alpha value is -0.0200. The van der Waals surface area contributed by atoms with Gasteiger partial charge < -0.3 is 5.11 Å². The van der Waals surface area contributed by atoms with Crippen molar-refractivity contribution in [1.82, 2.24) is 0 Å². The van der Waals surface area contributed by atoms with Gasteiger partial charge in [-0.25, -0.2) is 0 Å². The number of aliphatic hydroxyl groups excluding tert-OH is 1. The molecule has 0 spiro atoms. The van der Waals surface area contributed by atoms with Crippen molar-refractivity contribution in [2.45, 2.75) is 13.8 Å². The van der Waals surface area contributed by atoms with Crippen LogP contribution in [0.3, 0.4) is 0 Å². The van der Waals surface area contributed by atoms with Crippen molar-refractivity contribution in [2.75, 3.05) is 6.61 Å². The lowest BCUT2D eigenvalue weighted by atomic mass is 10.9. The van der Waals surface area contributed by atoms with E-state index in [0.717, 1.165) is 0 Å². The number of rotatable bonds is 0. The predicted molar refractivity (Wildman–Crippen MR) is 32.4 cm³/mol. The third kappa shape index (κ3) is 237000. The average Bonchev–Trinajstić information content (AvgIpc) is 1.33. The highest BCUT2D eigenvalue weighted by Crippen LogP contribution is 1.66. The Labute approximate surface area is 49.0 Å². The summed E-state index contributed by atoms with van der Waals surface area (Å²) in [6.07, 6.45) is 0. The fraction of sp³-hybridized carbons (Fsp3) is 0.750. The molecular formula is C4H10O2S. The van der Waals surface area contributed by atoms with Crippen LogP contribution in [0.5, 0.6) is 0 Å². The Balaban J connectivity index is 0. The first-order valence-electron chi connectivity index (χ1n) is 1.95. The quantitative estimate of drug-likeness (QED) is 0.458. The molecule has 2 nitrogen and oxygen atoms in total. The van der Waals surface area contributed by atoms with Crippen LogP contribution < -0.4 is 0 Å². The van der Waals surface area contributed by atoms with Crippen LogP contribution in [0.25, 0.3) is 0 Å². The van der Waals surface area contributed by atoms with Crippen molar-refractivity contribution >= 4 is 17.7 Å². The molecule has 7 heavy (non-hydrogen) atoms. The number of carbonyl (C=O) groups is 1. The molecule has 0 radical (unpaired) electrons. The summed E-state index contributed by atoms with van der Waals surface area (Å²) in [5.74, 6) is 0. The molecule has 0 unspecified atom stereocenters. The number of carbonyl (C=O) groups excluding carboxylic acids is 1. The zero-order valence-corrected chi connectivity index (χ0v) is 5.40. The van der Waals surface area contributed by atoms with Crippen molar-refractivity contribution in [1.29, 1.82) is 0 Å². The summed E-state index contributed by atoms with van der Waals surface area (Å²) in [4.78, 5) is 9.31. The largest absolute Gasteiger partial charge is 0.397 e. The molecule has 0 atom stereocenters. The van der Waals surface area contributed by atoms with Crippen molar-refractivity contribution in [3.05, 3.63) is 0 Å². The molecule has 44 valence electrons.